The minimum atomic E-state index is 0.167. The molecular formula is C8H17NO2. The van der Waals surface area contributed by atoms with E-state index in [1.807, 2.05) is 6.92 Å². The van der Waals surface area contributed by atoms with Crippen molar-refractivity contribution in [1.82, 2.24) is 4.90 Å². The van der Waals surface area contributed by atoms with Gasteiger partial charge in [0.1, 0.15) is 5.78 Å². The number of carbonyl (C=O) groups is 2. The van der Waals surface area contributed by atoms with Gasteiger partial charge in [-0.2, -0.15) is 0 Å². The minimum absolute atomic E-state index is 0.167. The monoisotopic (exact) mass is 159 g/mol. The summed E-state index contributed by atoms with van der Waals surface area (Å²) in [5, 5.41) is 0. The summed E-state index contributed by atoms with van der Waals surface area (Å²) in [6.07, 6.45) is 0.604. The van der Waals surface area contributed by atoms with E-state index in [4.69, 9.17) is 0 Å². The molecule has 0 atom stereocenters. The number of amides is 1. The molecule has 0 saturated carbocycles. The highest BCUT2D eigenvalue weighted by atomic mass is 16.2. The van der Waals surface area contributed by atoms with Crippen LogP contribution in [0.15, 0.2) is 0 Å². The smallest absolute Gasteiger partial charge is 0.221 e. The first-order valence-electron chi connectivity index (χ1n) is 3.59. The Balaban J connectivity index is 0. The third kappa shape index (κ3) is 17.6. The van der Waals surface area contributed by atoms with Gasteiger partial charge in [0.25, 0.3) is 0 Å². The normalized spacial score (nSPS) is 7.73. The molecule has 0 N–H and O–H groups in total. The van der Waals surface area contributed by atoms with E-state index in [1.54, 1.807) is 19.0 Å². The molecule has 0 aromatic carbocycles. The van der Waals surface area contributed by atoms with Crippen molar-refractivity contribution in [2.45, 2.75) is 27.2 Å². The average molecular weight is 159 g/mol. The molecule has 66 valence electrons. The van der Waals surface area contributed by atoms with Crippen molar-refractivity contribution < 1.29 is 9.59 Å². The van der Waals surface area contributed by atoms with Gasteiger partial charge in [0, 0.05) is 20.5 Å². The number of carbonyl (C=O) groups excluding carboxylic acids is 2. The molecule has 0 heterocycles. The molecule has 11 heavy (non-hydrogen) atoms. The number of Topliss-reactive ketones (excluding diaryl/α,β-unsaturated/α-hetero) is 1. The van der Waals surface area contributed by atoms with Gasteiger partial charge in [0.15, 0.2) is 0 Å². The second kappa shape index (κ2) is 7.25. The van der Waals surface area contributed by atoms with Gasteiger partial charge >= 0.3 is 0 Å². The van der Waals surface area contributed by atoms with Crippen molar-refractivity contribution in [3.05, 3.63) is 0 Å². The van der Waals surface area contributed by atoms with Crippen molar-refractivity contribution in [3.8, 4) is 0 Å². The molecule has 0 aromatic rings. The zero-order chi connectivity index (χ0) is 9.44. The fourth-order valence-corrected chi connectivity index (χ4v) is 0.316. The van der Waals surface area contributed by atoms with Gasteiger partial charge in [-0.05, 0) is 13.8 Å². The molecule has 0 unspecified atom stereocenters. The molecule has 0 aliphatic rings. The zero-order valence-electron chi connectivity index (χ0n) is 7.97. The van der Waals surface area contributed by atoms with Crippen LogP contribution in [0.5, 0.6) is 0 Å². The number of hydrogen-bond acceptors (Lipinski definition) is 2. The summed E-state index contributed by atoms with van der Waals surface area (Å²) in [6, 6.07) is 0. The first-order valence-corrected chi connectivity index (χ1v) is 3.59. The van der Waals surface area contributed by atoms with Crippen molar-refractivity contribution in [3.63, 3.8) is 0 Å². The van der Waals surface area contributed by atoms with Crippen LogP contribution < -0.4 is 0 Å². The van der Waals surface area contributed by atoms with Crippen LogP contribution in [0.4, 0.5) is 0 Å². The molecule has 0 bridgehead atoms. The highest BCUT2D eigenvalue weighted by Gasteiger charge is 1.95. The molecule has 0 saturated heterocycles. The molecule has 0 radical (unpaired) electrons. The highest BCUT2D eigenvalue weighted by molar-refractivity contribution is 5.75. The van der Waals surface area contributed by atoms with Gasteiger partial charge in [-0.25, -0.2) is 0 Å². The fraction of sp³-hybridized carbons (Fsp3) is 0.750. The molecule has 0 spiro atoms. The van der Waals surface area contributed by atoms with Gasteiger partial charge in [-0.3, -0.25) is 4.79 Å². The Morgan fingerprint density at radius 1 is 1.18 bits per heavy atom. The highest BCUT2D eigenvalue weighted by Crippen LogP contribution is 1.81. The van der Waals surface area contributed by atoms with E-state index < -0.39 is 0 Å². The number of hydrogen-bond donors (Lipinski definition) is 0. The van der Waals surface area contributed by atoms with Gasteiger partial charge in [0.2, 0.25) is 5.91 Å². The Bertz CT molecular complexity index is 126. The van der Waals surface area contributed by atoms with Crippen LogP contribution in [-0.4, -0.2) is 30.7 Å². The molecule has 0 rings (SSSR count). The maximum absolute atomic E-state index is 10.4. The van der Waals surface area contributed by atoms with Gasteiger partial charge in [0.05, 0.1) is 0 Å². The van der Waals surface area contributed by atoms with E-state index in [9.17, 15) is 9.59 Å². The van der Waals surface area contributed by atoms with Crippen LogP contribution in [0.2, 0.25) is 0 Å². The second-order valence-electron chi connectivity index (χ2n) is 2.55. The molecule has 0 aliphatic heterocycles. The van der Waals surface area contributed by atoms with Crippen molar-refractivity contribution in [1.29, 1.82) is 0 Å². The molecule has 1 amide bonds. The molecule has 0 aromatic heterocycles. The maximum Gasteiger partial charge on any atom is 0.221 e. The third-order valence-corrected chi connectivity index (χ3v) is 0.801. The summed E-state index contributed by atoms with van der Waals surface area (Å²) < 4.78 is 0. The van der Waals surface area contributed by atoms with Crippen molar-refractivity contribution >= 4 is 11.7 Å². The molecule has 0 aliphatic carbocycles. The lowest BCUT2D eigenvalue weighted by molar-refractivity contribution is -0.128. The molecule has 3 heteroatoms. The standard InChI is InChI=1S/C5H11NO.C3H6O/c1-4-5(7)6(2)3;1-3(2)4/h4H2,1-3H3;1-2H3. The summed E-state index contributed by atoms with van der Waals surface area (Å²) in [4.78, 5) is 21.5. The molecule has 3 nitrogen and oxygen atoms in total. The Kier molecular flexibility index (Phi) is 8.43. The van der Waals surface area contributed by atoms with Crippen LogP contribution >= 0.6 is 0 Å². The minimum Gasteiger partial charge on any atom is -0.349 e. The van der Waals surface area contributed by atoms with E-state index in [2.05, 4.69) is 0 Å². The van der Waals surface area contributed by atoms with E-state index in [1.165, 1.54) is 13.8 Å². The van der Waals surface area contributed by atoms with Gasteiger partial charge in [-0.1, -0.05) is 6.92 Å². The number of rotatable bonds is 1. The van der Waals surface area contributed by atoms with Crippen LogP contribution in [0.25, 0.3) is 0 Å². The van der Waals surface area contributed by atoms with Crippen LogP contribution in [0, 0.1) is 0 Å². The van der Waals surface area contributed by atoms with Gasteiger partial charge in [-0.15, -0.1) is 0 Å². The summed E-state index contributed by atoms with van der Waals surface area (Å²) in [6.45, 7) is 4.91. The third-order valence-electron chi connectivity index (χ3n) is 0.801. The van der Waals surface area contributed by atoms with E-state index in [-0.39, 0.29) is 11.7 Å². The lowest BCUT2D eigenvalue weighted by Gasteiger charge is -2.05. The number of nitrogens with zero attached hydrogens (tertiary/aromatic N) is 1. The summed E-state index contributed by atoms with van der Waals surface area (Å²) in [5.41, 5.74) is 0. The first kappa shape index (κ1) is 12.8. The van der Waals surface area contributed by atoms with E-state index in [0.29, 0.717) is 6.42 Å². The van der Waals surface area contributed by atoms with Crippen molar-refractivity contribution in [2.24, 2.45) is 0 Å². The Morgan fingerprint density at radius 3 is 1.45 bits per heavy atom. The fourth-order valence-electron chi connectivity index (χ4n) is 0.316. The Labute approximate surface area is 68.4 Å². The van der Waals surface area contributed by atoms with Crippen LogP contribution in [0.3, 0.4) is 0 Å². The predicted molar refractivity (Wildman–Crippen MR) is 45.3 cm³/mol. The van der Waals surface area contributed by atoms with Crippen LogP contribution in [-0.2, 0) is 9.59 Å². The Hall–Kier alpha value is -0.860. The molecule has 0 fully saturated rings. The Morgan fingerprint density at radius 2 is 1.45 bits per heavy atom. The number of ketones is 1. The van der Waals surface area contributed by atoms with Crippen molar-refractivity contribution in [2.75, 3.05) is 14.1 Å². The zero-order valence-corrected chi connectivity index (χ0v) is 7.97. The van der Waals surface area contributed by atoms with Crippen LogP contribution in [0.1, 0.15) is 27.2 Å². The second-order valence-corrected chi connectivity index (χ2v) is 2.55. The predicted octanol–water partition coefficient (Wildman–Crippen LogP) is 1.08. The summed E-state index contributed by atoms with van der Waals surface area (Å²) >= 11 is 0. The summed E-state index contributed by atoms with van der Waals surface area (Å²) in [5.74, 6) is 0.347. The van der Waals surface area contributed by atoms with Gasteiger partial charge < -0.3 is 9.69 Å². The lowest BCUT2D eigenvalue weighted by Crippen LogP contribution is -2.19. The van der Waals surface area contributed by atoms with E-state index in [0.717, 1.165) is 0 Å². The lowest BCUT2D eigenvalue weighted by atomic mass is 10.4. The topological polar surface area (TPSA) is 37.4 Å². The van der Waals surface area contributed by atoms with E-state index >= 15 is 0 Å². The first-order chi connectivity index (χ1) is 4.91. The maximum atomic E-state index is 10.4. The quantitative estimate of drug-likeness (QED) is 0.574. The average Bonchev–Trinajstić information content (AvgIpc) is 1.85. The largest absolute Gasteiger partial charge is 0.349 e. The summed E-state index contributed by atoms with van der Waals surface area (Å²) in [7, 11) is 3.51. The molecular weight excluding hydrogens is 142 g/mol. The SMILES string of the molecule is CC(C)=O.CCC(=O)N(C)C.